The van der Waals surface area contributed by atoms with Crippen molar-refractivity contribution in [3.8, 4) is 0 Å². The third-order valence-corrected chi connectivity index (χ3v) is 7.41. The van der Waals surface area contributed by atoms with Crippen LogP contribution >= 0.6 is 0 Å². The van der Waals surface area contributed by atoms with E-state index in [4.69, 9.17) is 0 Å². The van der Waals surface area contributed by atoms with Crippen LogP contribution in [0.3, 0.4) is 0 Å². The van der Waals surface area contributed by atoms with Crippen LogP contribution in [-0.4, -0.2) is 41.2 Å². The van der Waals surface area contributed by atoms with Gasteiger partial charge in [-0.15, -0.1) is 0 Å². The molecule has 1 heterocycles. The molecule has 0 saturated heterocycles. The van der Waals surface area contributed by atoms with Crippen LogP contribution in [0.1, 0.15) is 41.8 Å². The Bertz CT molecular complexity index is 1480. The lowest BCUT2D eigenvalue weighted by Crippen LogP contribution is -2.54. The summed E-state index contributed by atoms with van der Waals surface area (Å²) >= 11 is 0. The summed E-state index contributed by atoms with van der Waals surface area (Å²) in [6.45, 7) is 4.08. The topological polar surface area (TPSA) is 69.7 Å². The Morgan fingerprint density at radius 2 is 1.49 bits per heavy atom. The quantitative estimate of drug-likeness (QED) is 0.307. The number of rotatable bonds is 10. The summed E-state index contributed by atoms with van der Waals surface area (Å²) in [6.07, 6.45) is 1.15. The SMILES string of the molecule is CC[C@H](C)NC(=O)[C@H](Cc1ccccc1)N(Cc1ccccc1)C(=O)CN1C(=O)c2cccc3cccc1c23. The van der Waals surface area contributed by atoms with Gasteiger partial charge in [0.05, 0.1) is 5.69 Å². The number of benzene rings is 4. The van der Waals surface area contributed by atoms with E-state index in [-0.39, 0.29) is 36.9 Å². The van der Waals surface area contributed by atoms with Gasteiger partial charge < -0.3 is 10.2 Å². The van der Waals surface area contributed by atoms with Crippen molar-refractivity contribution in [1.82, 2.24) is 10.2 Å². The number of carbonyl (C=O) groups excluding carboxylic acids is 3. The van der Waals surface area contributed by atoms with Crippen molar-refractivity contribution < 1.29 is 14.4 Å². The van der Waals surface area contributed by atoms with Crippen LogP contribution in [-0.2, 0) is 22.6 Å². The molecule has 0 unspecified atom stereocenters. The maximum absolute atomic E-state index is 14.2. The monoisotopic (exact) mass is 519 g/mol. The highest BCUT2D eigenvalue weighted by atomic mass is 16.2. The first-order valence-corrected chi connectivity index (χ1v) is 13.5. The third-order valence-electron chi connectivity index (χ3n) is 7.41. The smallest absolute Gasteiger partial charge is 0.259 e. The average molecular weight is 520 g/mol. The summed E-state index contributed by atoms with van der Waals surface area (Å²) in [5.41, 5.74) is 3.20. The first kappa shape index (κ1) is 26.2. The molecule has 4 aromatic rings. The number of hydrogen-bond donors (Lipinski definition) is 1. The number of nitrogens with one attached hydrogen (secondary N) is 1. The van der Waals surface area contributed by atoms with E-state index in [0.29, 0.717) is 12.0 Å². The maximum atomic E-state index is 14.2. The largest absolute Gasteiger partial charge is 0.352 e. The van der Waals surface area contributed by atoms with E-state index in [1.54, 1.807) is 15.9 Å². The fraction of sp³-hybridized carbons (Fsp3) is 0.242. The molecule has 1 aliphatic rings. The minimum Gasteiger partial charge on any atom is -0.352 e. The summed E-state index contributed by atoms with van der Waals surface area (Å²) in [5, 5.41) is 4.92. The van der Waals surface area contributed by atoms with Crippen molar-refractivity contribution in [2.75, 3.05) is 11.4 Å². The fourth-order valence-corrected chi connectivity index (χ4v) is 5.14. The minimum atomic E-state index is -0.745. The van der Waals surface area contributed by atoms with Crippen LogP contribution in [0.25, 0.3) is 10.8 Å². The number of amides is 3. The predicted molar refractivity (Wildman–Crippen MR) is 154 cm³/mol. The Morgan fingerprint density at radius 3 is 2.15 bits per heavy atom. The molecule has 0 radical (unpaired) electrons. The molecule has 1 N–H and O–H groups in total. The lowest BCUT2D eigenvalue weighted by molar-refractivity contribution is -0.140. The summed E-state index contributed by atoms with van der Waals surface area (Å²) in [7, 11) is 0. The van der Waals surface area contributed by atoms with Crippen molar-refractivity contribution in [2.45, 2.75) is 45.3 Å². The molecule has 6 heteroatoms. The molecule has 0 bridgehead atoms. The first-order chi connectivity index (χ1) is 19.0. The molecule has 5 rings (SSSR count). The molecule has 3 amide bonds. The van der Waals surface area contributed by atoms with E-state index in [0.717, 1.165) is 34.0 Å². The second-order valence-electron chi connectivity index (χ2n) is 10.1. The van der Waals surface area contributed by atoms with Gasteiger partial charge >= 0.3 is 0 Å². The second-order valence-corrected chi connectivity index (χ2v) is 10.1. The van der Waals surface area contributed by atoms with Crippen molar-refractivity contribution in [3.05, 3.63) is 114 Å². The van der Waals surface area contributed by atoms with Crippen LogP contribution in [0, 0.1) is 0 Å². The summed E-state index contributed by atoms with van der Waals surface area (Å²) in [6, 6.07) is 30.0. The highest BCUT2D eigenvalue weighted by Gasteiger charge is 2.36. The maximum Gasteiger partial charge on any atom is 0.259 e. The highest BCUT2D eigenvalue weighted by Crippen LogP contribution is 2.37. The number of anilines is 1. The lowest BCUT2D eigenvalue weighted by atomic mass is 10.0. The summed E-state index contributed by atoms with van der Waals surface area (Å²) < 4.78 is 0. The van der Waals surface area contributed by atoms with Gasteiger partial charge in [-0.1, -0.05) is 91.9 Å². The average Bonchev–Trinajstić information content (AvgIpc) is 3.23. The molecule has 6 nitrogen and oxygen atoms in total. The molecule has 4 aromatic carbocycles. The Labute approximate surface area is 229 Å². The van der Waals surface area contributed by atoms with E-state index < -0.39 is 6.04 Å². The van der Waals surface area contributed by atoms with Crippen molar-refractivity contribution in [1.29, 1.82) is 0 Å². The van der Waals surface area contributed by atoms with Gasteiger partial charge in [0.1, 0.15) is 12.6 Å². The van der Waals surface area contributed by atoms with Gasteiger partial charge in [0.25, 0.3) is 5.91 Å². The Hall–Kier alpha value is -4.45. The van der Waals surface area contributed by atoms with Gasteiger partial charge in [0.15, 0.2) is 0 Å². The molecule has 0 aromatic heterocycles. The molecular weight excluding hydrogens is 486 g/mol. The van der Waals surface area contributed by atoms with Crippen molar-refractivity contribution >= 4 is 34.2 Å². The van der Waals surface area contributed by atoms with Crippen molar-refractivity contribution in [3.63, 3.8) is 0 Å². The van der Waals surface area contributed by atoms with E-state index in [1.165, 1.54) is 0 Å². The molecular formula is C33H33N3O3. The lowest BCUT2D eigenvalue weighted by Gasteiger charge is -2.33. The zero-order valence-corrected chi connectivity index (χ0v) is 22.3. The number of hydrogen-bond acceptors (Lipinski definition) is 3. The zero-order chi connectivity index (χ0) is 27.4. The van der Waals surface area contributed by atoms with Gasteiger partial charge in [0.2, 0.25) is 11.8 Å². The van der Waals surface area contributed by atoms with E-state index in [9.17, 15) is 14.4 Å². The van der Waals surface area contributed by atoms with Crippen LogP contribution in [0.15, 0.2) is 97.1 Å². The molecule has 2 atom stereocenters. The van der Waals surface area contributed by atoms with Gasteiger partial charge in [-0.25, -0.2) is 0 Å². The third kappa shape index (κ3) is 5.55. The molecule has 198 valence electrons. The zero-order valence-electron chi connectivity index (χ0n) is 22.3. The Morgan fingerprint density at radius 1 is 0.846 bits per heavy atom. The number of carbonyl (C=O) groups is 3. The second kappa shape index (κ2) is 11.5. The normalized spacial score (nSPS) is 13.8. The van der Waals surface area contributed by atoms with Gasteiger partial charge in [-0.3, -0.25) is 19.3 Å². The van der Waals surface area contributed by atoms with Crippen LogP contribution in [0.5, 0.6) is 0 Å². The van der Waals surface area contributed by atoms with Crippen LogP contribution in [0.2, 0.25) is 0 Å². The number of nitrogens with zero attached hydrogens (tertiary/aromatic N) is 2. The van der Waals surface area contributed by atoms with Crippen molar-refractivity contribution in [2.24, 2.45) is 0 Å². The van der Waals surface area contributed by atoms with E-state index in [2.05, 4.69) is 5.32 Å². The standard InChI is InChI=1S/C33H33N3O3/c1-3-23(2)34-32(38)29(20-24-12-6-4-7-13-24)35(21-25-14-8-5-9-15-25)30(37)22-36-28-19-11-17-26-16-10-18-27(31(26)28)33(36)39/h4-19,23,29H,3,20-22H2,1-2H3,(H,34,38)/t23-,29-/m0/s1. The van der Waals surface area contributed by atoms with Crippen LogP contribution < -0.4 is 10.2 Å². The minimum absolute atomic E-state index is 0.0308. The van der Waals surface area contributed by atoms with E-state index in [1.807, 2.05) is 105 Å². The summed E-state index contributed by atoms with van der Waals surface area (Å²) in [4.78, 5) is 44.5. The highest BCUT2D eigenvalue weighted by molar-refractivity contribution is 6.26. The molecule has 1 aliphatic heterocycles. The molecule has 0 spiro atoms. The Kier molecular flexibility index (Phi) is 7.73. The first-order valence-electron chi connectivity index (χ1n) is 13.5. The van der Waals surface area contributed by atoms with Gasteiger partial charge in [-0.05, 0) is 42.0 Å². The van der Waals surface area contributed by atoms with Crippen LogP contribution in [0.4, 0.5) is 5.69 Å². The Balaban J connectivity index is 1.50. The summed E-state index contributed by atoms with van der Waals surface area (Å²) in [5.74, 6) is -0.675. The molecule has 0 fully saturated rings. The van der Waals surface area contributed by atoms with E-state index >= 15 is 0 Å². The molecule has 0 aliphatic carbocycles. The predicted octanol–water partition coefficient (Wildman–Crippen LogP) is 5.35. The molecule has 0 saturated carbocycles. The van der Waals surface area contributed by atoms with Gasteiger partial charge in [-0.2, -0.15) is 0 Å². The molecule has 39 heavy (non-hydrogen) atoms. The fourth-order valence-electron chi connectivity index (χ4n) is 5.14. The van der Waals surface area contributed by atoms with Gasteiger partial charge in [0, 0.05) is 30.0 Å².